The van der Waals surface area contributed by atoms with Gasteiger partial charge in [0.15, 0.2) is 0 Å². The summed E-state index contributed by atoms with van der Waals surface area (Å²) in [5, 5.41) is 6.72. The third-order valence-electron chi connectivity index (χ3n) is 6.04. The second-order valence-corrected chi connectivity index (χ2v) is 7.73. The number of amides is 2. The summed E-state index contributed by atoms with van der Waals surface area (Å²) in [5.74, 6) is -2.58. The van der Waals surface area contributed by atoms with Gasteiger partial charge in [-0.2, -0.15) is 8.78 Å². The lowest BCUT2D eigenvalue weighted by Crippen LogP contribution is -2.57. The highest BCUT2D eigenvalue weighted by Gasteiger charge is 2.53. The van der Waals surface area contributed by atoms with Crippen LogP contribution in [0.25, 0.3) is 11.5 Å². The molecule has 31 heavy (non-hydrogen) atoms. The lowest BCUT2D eigenvalue weighted by molar-refractivity contribution is -0.139. The smallest absolute Gasteiger partial charge is 0.314 e. The second-order valence-electron chi connectivity index (χ2n) is 7.73. The van der Waals surface area contributed by atoms with E-state index in [1.54, 1.807) is 12.1 Å². The van der Waals surface area contributed by atoms with E-state index in [0.29, 0.717) is 18.4 Å². The molecule has 3 aromatic rings. The Balaban J connectivity index is 1.46. The minimum Gasteiger partial charge on any atom is -0.415 e. The zero-order valence-corrected chi connectivity index (χ0v) is 16.1. The van der Waals surface area contributed by atoms with Gasteiger partial charge in [-0.1, -0.05) is 30.7 Å². The van der Waals surface area contributed by atoms with Crippen molar-refractivity contribution in [3.8, 4) is 11.5 Å². The highest BCUT2D eigenvalue weighted by molar-refractivity contribution is 6.13. The molecular weight excluding hydrogens is 411 g/mol. The molecule has 1 aromatic heterocycles. The number of benzene rings is 2. The Morgan fingerprint density at radius 3 is 2.52 bits per heavy atom. The quantitative estimate of drug-likeness (QED) is 0.577. The maximum atomic E-state index is 14.8. The Hall–Kier alpha value is -3.49. The van der Waals surface area contributed by atoms with Crippen LogP contribution in [0.1, 0.15) is 53.1 Å². The molecule has 2 amide bonds. The number of hydrogen-bond acceptors (Lipinski definition) is 5. The van der Waals surface area contributed by atoms with Crippen molar-refractivity contribution >= 4 is 11.8 Å². The molecule has 2 aliphatic rings. The summed E-state index contributed by atoms with van der Waals surface area (Å²) >= 11 is 0. The average Bonchev–Trinajstić information content (AvgIpc) is 3.22. The number of imide groups is 1. The molecule has 1 fully saturated rings. The Kier molecular flexibility index (Phi) is 4.42. The van der Waals surface area contributed by atoms with Crippen LogP contribution < -0.4 is 0 Å². The van der Waals surface area contributed by atoms with Crippen molar-refractivity contribution in [2.45, 2.75) is 37.6 Å². The fourth-order valence-electron chi connectivity index (χ4n) is 4.27. The van der Waals surface area contributed by atoms with E-state index >= 15 is 0 Å². The average molecular weight is 427 g/mol. The molecule has 0 saturated heterocycles. The van der Waals surface area contributed by atoms with Crippen LogP contribution in [0, 0.1) is 5.82 Å². The number of aromatic nitrogens is 2. The van der Waals surface area contributed by atoms with E-state index in [1.165, 1.54) is 12.1 Å². The first-order chi connectivity index (χ1) is 14.9. The molecule has 2 heterocycles. The predicted octanol–water partition coefficient (Wildman–Crippen LogP) is 4.42. The van der Waals surface area contributed by atoms with Gasteiger partial charge >= 0.3 is 6.43 Å². The Morgan fingerprint density at radius 1 is 1.10 bits per heavy atom. The van der Waals surface area contributed by atoms with E-state index in [-0.39, 0.29) is 29.5 Å². The van der Waals surface area contributed by atoms with Crippen LogP contribution >= 0.6 is 0 Å². The predicted molar refractivity (Wildman–Crippen MR) is 102 cm³/mol. The van der Waals surface area contributed by atoms with Crippen molar-refractivity contribution < 1.29 is 27.2 Å². The van der Waals surface area contributed by atoms with E-state index in [1.807, 2.05) is 12.1 Å². The summed E-state index contributed by atoms with van der Waals surface area (Å²) in [6, 6.07) is 10.9. The van der Waals surface area contributed by atoms with Crippen LogP contribution in [0.3, 0.4) is 0 Å². The van der Waals surface area contributed by atoms with Crippen LogP contribution in [-0.2, 0) is 16.8 Å². The molecule has 1 aliphatic carbocycles. The van der Waals surface area contributed by atoms with Gasteiger partial charge in [-0.3, -0.25) is 14.5 Å². The minimum absolute atomic E-state index is 0.118. The lowest BCUT2D eigenvalue weighted by atomic mass is 9.61. The van der Waals surface area contributed by atoms with Gasteiger partial charge < -0.3 is 4.42 Å². The van der Waals surface area contributed by atoms with Crippen molar-refractivity contribution in [3.63, 3.8) is 0 Å². The van der Waals surface area contributed by atoms with Crippen molar-refractivity contribution in [2.75, 3.05) is 0 Å². The van der Waals surface area contributed by atoms with Crippen LogP contribution in [0.5, 0.6) is 0 Å². The zero-order chi connectivity index (χ0) is 21.8. The molecule has 1 saturated carbocycles. The molecule has 0 unspecified atom stereocenters. The van der Waals surface area contributed by atoms with Crippen LogP contribution in [-0.4, -0.2) is 26.9 Å². The molecule has 2 aromatic carbocycles. The summed E-state index contributed by atoms with van der Waals surface area (Å²) < 4.78 is 44.9. The molecule has 1 aliphatic heterocycles. The van der Waals surface area contributed by atoms with Gasteiger partial charge in [0.05, 0.1) is 12.0 Å². The topological polar surface area (TPSA) is 76.3 Å². The first-order valence-electron chi connectivity index (χ1n) is 9.77. The van der Waals surface area contributed by atoms with Crippen molar-refractivity contribution in [3.05, 3.63) is 70.9 Å². The molecule has 6 nitrogen and oxygen atoms in total. The fourth-order valence-corrected chi connectivity index (χ4v) is 4.27. The van der Waals surface area contributed by atoms with Gasteiger partial charge in [0, 0.05) is 16.7 Å². The van der Waals surface area contributed by atoms with Gasteiger partial charge in [0.25, 0.3) is 11.8 Å². The molecular formula is C22H16F3N3O3. The highest BCUT2D eigenvalue weighted by atomic mass is 19.3. The van der Waals surface area contributed by atoms with E-state index in [0.717, 1.165) is 23.0 Å². The molecule has 1 spiro atoms. The summed E-state index contributed by atoms with van der Waals surface area (Å²) in [5.41, 5.74) is 0.723. The third-order valence-corrected chi connectivity index (χ3v) is 6.04. The minimum atomic E-state index is -2.93. The fraction of sp³-hybridized carbons (Fsp3) is 0.273. The van der Waals surface area contributed by atoms with Crippen molar-refractivity contribution in [2.24, 2.45) is 0 Å². The number of carbonyl (C=O) groups excluding carboxylic acids is 2. The normalized spacial score (nSPS) is 17.2. The van der Waals surface area contributed by atoms with Gasteiger partial charge in [0.2, 0.25) is 11.8 Å². The van der Waals surface area contributed by atoms with Crippen LogP contribution in [0.15, 0.2) is 46.9 Å². The monoisotopic (exact) mass is 427 g/mol. The van der Waals surface area contributed by atoms with Gasteiger partial charge in [0.1, 0.15) is 5.82 Å². The van der Waals surface area contributed by atoms with Crippen LogP contribution in [0.4, 0.5) is 13.2 Å². The maximum absolute atomic E-state index is 14.8. The molecule has 0 bridgehead atoms. The highest BCUT2D eigenvalue weighted by Crippen LogP contribution is 2.49. The zero-order valence-electron chi connectivity index (χ0n) is 16.1. The molecule has 5 rings (SSSR count). The van der Waals surface area contributed by atoms with Crippen molar-refractivity contribution in [1.29, 1.82) is 0 Å². The first kappa shape index (κ1) is 19.5. The van der Waals surface area contributed by atoms with Gasteiger partial charge in [-0.05, 0) is 36.6 Å². The molecule has 9 heteroatoms. The van der Waals surface area contributed by atoms with E-state index < -0.39 is 29.5 Å². The first-order valence-corrected chi connectivity index (χ1v) is 9.77. The summed E-state index contributed by atoms with van der Waals surface area (Å²) in [4.78, 5) is 27.4. The van der Waals surface area contributed by atoms with Gasteiger partial charge in [-0.25, -0.2) is 4.39 Å². The Labute approximate surface area is 174 Å². The maximum Gasteiger partial charge on any atom is 0.314 e. The Bertz CT molecular complexity index is 1200. The number of halogens is 3. The Morgan fingerprint density at radius 2 is 1.87 bits per heavy atom. The molecule has 0 atom stereocenters. The molecule has 0 N–H and O–H groups in total. The van der Waals surface area contributed by atoms with Gasteiger partial charge in [-0.15, -0.1) is 10.2 Å². The summed E-state index contributed by atoms with van der Waals surface area (Å²) in [6.45, 7) is -0.230. The van der Waals surface area contributed by atoms with Crippen LogP contribution in [0.2, 0.25) is 0 Å². The molecule has 158 valence electrons. The standard InChI is InChI=1S/C22H16F3N3O3/c23-16-10-12(18-26-27-19(31-18)17(24)25)6-7-13(16)11-28-20(29)14-4-1-2-5-15(14)22(21(28)30)8-3-9-22/h1-2,4-7,10,17H,3,8-9,11H2. The van der Waals surface area contributed by atoms with E-state index in [4.69, 9.17) is 4.42 Å². The SMILES string of the molecule is O=C1c2ccccc2C2(CCC2)C(=O)N1Cc1ccc(-c2nnc(C(F)F)o2)cc1F. The van der Waals surface area contributed by atoms with E-state index in [2.05, 4.69) is 10.2 Å². The summed E-state index contributed by atoms with van der Waals surface area (Å²) in [6.07, 6.45) is -0.742. The summed E-state index contributed by atoms with van der Waals surface area (Å²) in [7, 11) is 0. The lowest BCUT2D eigenvalue weighted by Gasteiger charge is -2.47. The number of fused-ring (bicyclic) bond motifs is 2. The number of carbonyl (C=O) groups is 2. The van der Waals surface area contributed by atoms with E-state index in [9.17, 15) is 22.8 Å². The number of hydrogen-bond donors (Lipinski definition) is 0. The number of nitrogens with zero attached hydrogens (tertiary/aromatic N) is 3. The molecule has 0 radical (unpaired) electrons. The van der Waals surface area contributed by atoms with Crippen molar-refractivity contribution in [1.82, 2.24) is 15.1 Å². The largest absolute Gasteiger partial charge is 0.415 e. The number of rotatable bonds is 4. The second kappa shape index (κ2) is 7.04. The number of alkyl halides is 2. The third kappa shape index (κ3) is 2.95.